The summed E-state index contributed by atoms with van der Waals surface area (Å²) in [6.07, 6.45) is 0. The summed E-state index contributed by atoms with van der Waals surface area (Å²) in [5.41, 5.74) is 4.50. The zero-order valence-electron chi connectivity index (χ0n) is 16.8. The third-order valence-corrected chi connectivity index (χ3v) is 4.71. The van der Waals surface area contributed by atoms with E-state index in [1.165, 1.54) is 5.56 Å². The number of para-hydroxylation sites is 1. The van der Waals surface area contributed by atoms with Gasteiger partial charge < -0.3 is 14.5 Å². The van der Waals surface area contributed by atoms with Crippen LogP contribution in [0.5, 0.6) is 5.75 Å². The number of nitrogens with one attached hydrogen (secondary N) is 1. The summed E-state index contributed by atoms with van der Waals surface area (Å²) in [4.78, 5) is 12.3. The monoisotopic (exact) mass is 399 g/mol. The van der Waals surface area contributed by atoms with E-state index in [4.69, 9.17) is 9.15 Å². The molecular formula is C24H21N3O3. The Labute approximate surface area is 174 Å². The minimum atomic E-state index is -0.247. The lowest BCUT2D eigenvalue weighted by Crippen LogP contribution is -2.20. The molecule has 0 spiro atoms. The van der Waals surface area contributed by atoms with Crippen molar-refractivity contribution in [3.63, 3.8) is 0 Å². The van der Waals surface area contributed by atoms with Crippen molar-refractivity contribution in [2.24, 2.45) is 0 Å². The highest BCUT2D eigenvalue weighted by Crippen LogP contribution is 2.30. The van der Waals surface area contributed by atoms with Crippen LogP contribution in [0.3, 0.4) is 0 Å². The van der Waals surface area contributed by atoms with Crippen molar-refractivity contribution in [3.05, 3.63) is 83.9 Å². The average molecular weight is 399 g/mol. The van der Waals surface area contributed by atoms with Gasteiger partial charge in [-0.1, -0.05) is 36.4 Å². The first kappa shape index (κ1) is 19.4. The summed E-state index contributed by atoms with van der Waals surface area (Å²) in [5.74, 6) is 1.01. The molecule has 0 radical (unpaired) electrons. The van der Waals surface area contributed by atoms with Crippen molar-refractivity contribution >= 4 is 11.6 Å². The topological polar surface area (TPSA) is 77.2 Å². The molecule has 6 heteroatoms. The SMILES string of the molecule is Cc1ccc(NC(=O)COc2ccccc2-c2nnc(-c3ccccc3)o2)cc1C. The number of hydrogen-bond donors (Lipinski definition) is 1. The number of aromatic nitrogens is 2. The van der Waals surface area contributed by atoms with Gasteiger partial charge in [-0.2, -0.15) is 0 Å². The number of ether oxygens (including phenoxy) is 1. The minimum absolute atomic E-state index is 0.135. The highest BCUT2D eigenvalue weighted by atomic mass is 16.5. The molecule has 3 aromatic carbocycles. The quantitative estimate of drug-likeness (QED) is 0.492. The zero-order valence-corrected chi connectivity index (χ0v) is 16.8. The Morgan fingerprint density at radius 1 is 0.900 bits per heavy atom. The van der Waals surface area contributed by atoms with Gasteiger partial charge in [-0.3, -0.25) is 4.79 Å². The second-order valence-electron chi connectivity index (χ2n) is 6.91. The maximum absolute atomic E-state index is 12.3. The molecule has 1 amide bonds. The molecule has 0 fully saturated rings. The van der Waals surface area contributed by atoms with Gasteiger partial charge in [-0.15, -0.1) is 10.2 Å². The van der Waals surface area contributed by atoms with Crippen LogP contribution < -0.4 is 10.1 Å². The summed E-state index contributed by atoms with van der Waals surface area (Å²) in [6.45, 7) is 3.90. The van der Waals surface area contributed by atoms with E-state index in [9.17, 15) is 4.79 Å². The molecule has 0 aliphatic rings. The third kappa shape index (κ3) is 4.38. The summed E-state index contributed by atoms with van der Waals surface area (Å²) < 4.78 is 11.6. The number of anilines is 1. The lowest BCUT2D eigenvalue weighted by atomic mass is 10.1. The van der Waals surface area contributed by atoms with Crippen molar-refractivity contribution < 1.29 is 13.9 Å². The van der Waals surface area contributed by atoms with E-state index in [-0.39, 0.29) is 12.5 Å². The molecule has 150 valence electrons. The fourth-order valence-electron chi connectivity index (χ4n) is 2.96. The van der Waals surface area contributed by atoms with E-state index in [0.717, 1.165) is 16.8 Å². The maximum Gasteiger partial charge on any atom is 0.262 e. The fourth-order valence-corrected chi connectivity index (χ4v) is 2.96. The van der Waals surface area contributed by atoms with Gasteiger partial charge in [0.15, 0.2) is 6.61 Å². The molecule has 6 nitrogen and oxygen atoms in total. The van der Waals surface area contributed by atoms with Crippen LogP contribution in [0.25, 0.3) is 22.9 Å². The summed E-state index contributed by atoms with van der Waals surface area (Å²) >= 11 is 0. The van der Waals surface area contributed by atoms with Crippen LogP contribution in [0, 0.1) is 13.8 Å². The van der Waals surface area contributed by atoms with Crippen molar-refractivity contribution in [2.45, 2.75) is 13.8 Å². The van der Waals surface area contributed by atoms with Crippen LogP contribution in [-0.2, 0) is 4.79 Å². The van der Waals surface area contributed by atoms with Gasteiger partial charge in [0, 0.05) is 11.3 Å². The molecular weight excluding hydrogens is 378 g/mol. The highest BCUT2D eigenvalue weighted by molar-refractivity contribution is 5.92. The summed E-state index contributed by atoms with van der Waals surface area (Å²) in [6, 6.07) is 22.6. The molecule has 1 heterocycles. The van der Waals surface area contributed by atoms with Crippen molar-refractivity contribution in [1.29, 1.82) is 0 Å². The van der Waals surface area contributed by atoms with Gasteiger partial charge in [-0.05, 0) is 61.4 Å². The number of carbonyl (C=O) groups excluding carboxylic acids is 1. The second-order valence-corrected chi connectivity index (χ2v) is 6.91. The molecule has 30 heavy (non-hydrogen) atoms. The van der Waals surface area contributed by atoms with Crippen molar-refractivity contribution in [1.82, 2.24) is 10.2 Å². The molecule has 0 atom stereocenters. The fraction of sp³-hybridized carbons (Fsp3) is 0.125. The Morgan fingerprint density at radius 2 is 1.63 bits per heavy atom. The van der Waals surface area contributed by atoms with Crippen LogP contribution in [-0.4, -0.2) is 22.7 Å². The first-order valence-electron chi connectivity index (χ1n) is 9.58. The van der Waals surface area contributed by atoms with E-state index in [0.29, 0.717) is 23.1 Å². The van der Waals surface area contributed by atoms with Crippen LogP contribution in [0.4, 0.5) is 5.69 Å². The van der Waals surface area contributed by atoms with Gasteiger partial charge in [0.2, 0.25) is 5.89 Å². The molecule has 0 saturated carbocycles. The predicted molar refractivity (Wildman–Crippen MR) is 115 cm³/mol. The Bertz CT molecular complexity index is 1170. The molecule has 0 aliphatic carbocycles. The molecule has 1 aromatic heterocycles. The lowest BCUT2D eigenvalue weighted by molar-refractivity contribution is -0.118. The Balaban J connectivity index is 1.47. The number of carbonyl (C=O) groups is 1. The number of amides is 1. The molecule has 0 saturated heterocycles. The van der Waals surface area contributed by atoms with Gasteiger partial charge in [0.1, 0.15) is 5.75 Å². The van der Waals surface area contributed by atoms with Crippen molar-refractivity contribution in [2.75, 3.05) is 11.9 Å². The maximum atomic E-state index is 12.3. The molecule has 0 unspecified atom stereocenters. The van der Waals surface area contributed by atoms with Crippen molar-refractivity contribution in [3.8, 4) is 28.7 Å². The van der Waals surface area contributed by atoms with Gasteiger partial charge in [-0.25, -0.2) is 0 Å². The normalized spacial score (nSPS) is 10.6. The van der Waals surface area contributed by atoms with E-state index >= 15 is 0 Å². The highest BCUT2D eigenvalue weighted by Gasteiger charge is 2.15. The van der Waals surface area contributed by atoms with Crippen LogP contribution in [0.15, 0.2) is 77.2 Å². The van der Waals surface area contributed by atoms with Gasteiger partial charge in [0.25, 0.3) is 11.8 Å². The Hall–Kier alpha value is -3.93. The number of benzene rings is 3. The standard InChI is InChI=1S/C24H21N3O3/c1-16-12-13-19(14-17(16)2)25-22(28)15-29-21-11-7-6-10-20(21)24-27-26-23(30-24)18-8-4-3-5-9-18/h3-14H,15H2,1-2H3,(H,25,28). The number of nitrogens with zero attached hydrogens (tertiary/aromatic N) is 2. The number of aryl methyl sites for hydroxylation is 2. The van der Waals surface area contributed by atoms with Crippen LogP contribution >= 0.6 is 0 Å². The first-order chi connectivity index (χ1) is 14.6. The summed E-state index contributed by atoms with van der Waals surface area (Å²) in [5, 5.41) is 11.1. The number of hydrogen-bond acceptors (Lipinski definition) is 5. The molecule has 0 aliphatic heterocycles. The number of rotatable bonds is 6. The molecule has 4 aromatic rings. The van der Waals surface area contributed by atoms with Crippen LogP contribution in [0.1, 0.15) is 11.1 Å². The van der Waals surface area contributed by atoms with E-state index < -0.39 is 0 Å². The first-order valence-corrected chi connectivity index (χ1v) is 9.58. The molecule has 4 rings (SSSR count). The van der Waals surface area contributed by atoms with Gasteiger partial charge >= 0.3 is 0 Å². The second kappa shape index (κ2) is 8.61. The zero-order chi connectivity index (χ0) is 20.9. The molecule has 1 N–H and O–H groups in total. The average Bonchev–Trinajstić information content (AvgIpc) is 3.26. The lowest BCUT2D eigenvalue weighted by Gasteiger charge is -2.10. The largest absolute Gasteiger partial charge is 0.483 e. The third-order valence-electron chi connectivity index (χ3n) is 4.71. The van der Waals surface area contributed by atoms with Crippen LogP contribution in [0.2, 0.25) is 0 Å². The minimum Gasteiger partial charge on any atom is -0.483 e. The van der Waals surface area contributed by atoms with E-state index in [2.05, 4.69) is 15.5 Å². The molecule has 0 bridgehead atoms. The summed E-state index contributed by atoms with van der Waals surface area (Å²) in [7, 11) is 0. The Morgan fingerprint density at radius 3 is 2.43 bits per heavy atom. The smallest absolute Gasteiger partial charge is 0.262 e. The Kier molecular flexibility index (Phi) is 5.57. The van der Waals surface area contributed by atoms with E-state index in [1.807, 2.05) is 80.6 Å². The van der Waals surface area contributed by atoms with Gasteiger partial charge in [0.05, 0.1) is 5.56 Å². The van der Waals surface area contributed by atoms with E-state index in [1.54, 1.807) is 6.07 Å². The predicted octanol–water partition coefficient (Wildman–Crippen LogP) is 5.04.